The number of thiazole rings is 1. The van der Waals surface area contributed by atoms with Gasteiger partial charge in [0.2, 0.25) is 10.0 Å². The molecule has 1 aliphatic carbocycles. The molecule has 1 N–H and O–H groups in total. The molecule has 0 saturated heterocycles. The van der Waals surface area contributed by atoms with E-state index in [0.29, 0.717) is 6.54 Å². The van der Waals surface area contributed by atoms with Crippen molar-refractivity contribution < 1.29 is 8.42 Å². The van der Waals surface area contributed by atoms with Crippen LogP contribution in [-0.2, 0) is 16.6 Å². The first kappa shape index (κ1) is 16.4. The first-order valence-electron chi connectivity index (χ1n) is 8.20. The van der Waals surface area contributed by atoms with Gasteiger partial charge in [-0.05, 0) is 24.5 Å². The van der Waals surface area contributed by atoms with E-state index < -0.39 is 10.0 Å². The number of hydrogen-bond acceptors (Lipinski definition) is 4. The van der Waals surface area contributed by atoms with Crippen LogP contribution in [0.4, 0.5) is 0 Å². The Bertz CT molecular complexity index is 977. The highest BCUT2D eigenvalue weighted by Gasteiger charge is 2.35. The van der Waals surface area contributed by atoms with Crippen molar-refractivity contribution in [3.8, 4) is 21.8 Å². The molecule has 0 bridgehead atoms. The fourth-order valence-electron chi connectivity index (χ4n) is 2.64. The topological polar surface area (TPSA) is 59.1 Å². The van der Waals surface area contributed by atoms with Crippen LogP contribution in [0.25, 0.3) is 21.8 Å². The van der Waals surface area contributed by atoms with Gasteiger partial charge in [0.15, 0.2) is 0 Å². The summed E-state index contributed by atoms with van der Waals surface area (Å²) in [7, 11) is -3.16. The van der Waals surface area contributed by atoms with E-state index in [-0.39, 0.29) is 5.25 Å². The average molecular weight is 370 g/mol. The lowest BCUT2D eigenvalue weighted by Gasteiger charge is -2.06. The Morgan fingerprint density at radius 1 is 1.04 bits per heavy atom. The number of nitrogens with one attached hydrogen (secondary N) is 1. The first-order chi connectivity index (χ1) is 12.1. The predicted molar refractivity (Wildman–Crippen MR) is 102 cm³/mol. The Kier molecular flexibility index (Phi) is 4.41. The molecule has 4 rings (SSSR count). The Morgan fingerprint density at radius 2 is 1.80 bits per heavy atom. The smallest absolute Gasteiger partial charge is 0.214 e. The molecule has 0 unspecified atom stereocenters. The molecule has 0 amide bonds. The lowest BCUT2D eigenvalue weighted by Crippen LogP contribution is -2.26. The lowest BCUT2D eigenvalue weighted by molar-refractivity contribution is 0.580. The summed E-state index contributed by atoms with van der Waals surface area (Å²) < 4.78 is 26.6. The van der Waals surface area contributed by atoms with Crippen LogP contribution < -0.4 is 4.72 Å². The Morgan fingerprint density at radius 3 is 2.56 bits per heavy atom. The van der Waals surface area contributed by atoms with Gasteiger partial charge in [-0.2, -0.15) is 0 Å². The quantitative estimate of drug-likeness (QED) is 0.712. The maximum atomic E-state index is 12.0. The molecule has 25 heavy (non-hydrogen) atoms. The van der Waals surface area contributed by atoms with Crippen LogP contribution in [0.1, 0.15) is 18.4 Å². The lowest BCUT2D eigenvalue weighted by atomic mass is 10.1. The molecule has 4 nitrogen and oxygen atoms in total. The van der Waals surface area contributed by atoms with Gasteiger partial charge in [0, 0.05) is 23.1 Å². The van der Waals surface area contributed by atoms with E-state index in [0.717, 1.165) is 40.2 Å². The van der Waals surface area contributed by atoms with Crippen molar-refractivity contribution in [1.29, 1.82) is 0 Å². The molecule has 0 radical (unpaired) electrons. The summed E-state index contributed by atoms with van der Waals surface area (Å²) in [6.45, 7) is 0.323. The number of nitrogens with zero attached hydrogens (tertiary/aromatic N) is 1. The highest BCUT2D eigenvalue weighted by molar-refractivity contribution is 7.90. The summed E-state index contributed by atoms with van der Waals surface area (Å²) in [6, 6.07) is 18.0. The number of sulfonamides is 1. The molecular weight excluding hydrogens is 352 g/mol. The minimum atomic E-state index is -3.16. The van der Waals surface area contributed by atoms with Crippen molar-refractivity contribution in [2.75, 3.05) is 0 Å². The molecular formula is C19H18N2O2S2. The Labute approximate surface area is 151 Å². The summed E-state index contributed by atoms with van der Waals surface area (Å²) in [5.41, 5.74) is 4.01. The van der Waals surface area contributed by atoms with Crippen LogP contribution in [0.15, 0.2) is 60.0 Å². The normalized spacial score (nSPS) is 14.6. The van der Waals surface area contributed by atoms with E-state index in [1.807, 2.05) is 60.0 Å². The molecule has 1 fully saturated rings. The molecule has 0 spiro atoms. The van der Waals surface area contributed by atoms with E-state index in [1.165, 1.54) is 0 Å². The van der Waals surface area contributed by atoms with Crippen LogP contribution in [0, 0.1) is 0 Å². The molecule has 3 aromatic rings. The van der Waals surface area contributed by atoms with Gasteiger partial charge in [-0.15, -0.1) is 11.3 Å². The zero-order valence-electron chi connectivity index (χ0n) is 13.6. The molecule has 1 aromatic heterocycles. The second-order valence-corrected chi connectivity index (χ2v) is 9.07. The number of hydrogen-bond donors (Lipinski definition) is 1. The maximum absolute atomic E-state index is 12.0. The standard InChI is InChI=1S/C19H18N2O2S2/c22-25(23,17-9-10-17)20-12-14-5-4-8-16(11-14)19-21-18(13-24-19)15-6-2-1-3-7-15/h1-8,11,13,17,20H,9-10,12H2. The maximum Gasteiger partial charge on any atom is 0.214 e. The SMILES string of the molecule is O=S(=O)(NCc1cccc(-c2nc(-c3ccccc3)cs2)c1)C1CC1. The number of rotatable bonds is 6. The molecule has 0 atom stereocenters. The largest absolute Gasteiger partial charge is 0.236 e. The van der Waals surface area contributed by atoms with Crippen molar-refractivity contribution in [3.05, 3.63) is 65.5 Å². The van der Waals surface area contributed by atoms with E-state index in [9.17, 15) is 8.42 Å². The summed E-state index contributed by atoms with van der Waals surface area (Å²) in [6.07, 6.45) is 1.55. The molecule has 1 aliphatic rings. The van der Waals surface area contributed by atoms with Crippen molar-refractivity contribution in [3.63, 3.8) is 0 Å². The highest BCUT2D eigenvalue weighted by Crippen LogP contribution is 2.30. The third kappa shape index (κ3) is 3.81. The summed E-state index contributed by atoms with van der Waals surface area (Å²) in [4.78, 5) is 4.72. The molecule has 2 aromatic carbocycles. The summed E-state index contributed by atoms with van der Waals surface area (Å²) in [5.74, 6) is 0. The van der Waals surface area contributed by atoms with Gasteiger partial charge in [0.1, 0.15) is 5.01 Å². The molecule has 6 heteroatoms. The molecule has 1 saturated carbocycles. The minimum Gasteiger partial charge on any atom is -0.236 e. The van der Waals surface area contributed by atoms with E-state index in [2.05, 4.69) is 4.72 Å². The third-order valence-electron chi connectivity index (χ3n) is 4.19. The predicted octanol–water partition coefficient (Wildman–Crippen LogP) is 4.06. The first-order valence-corrected chi connectivity index (χ1v) is 10.6. The second-order valence-electron chi connectivity index (χ2n) is 6.17. The van der Waals surface area contributed by atoms with Gasteiger partial charge in [-0.25, -0.2) is 18.1 Å². The van der Waals surface area contributed by atoms with Gasteiger partial charge < -0.3 is 0 Å². The van der Waals surface area contributed by atoms with Crippen LogP contribution in [0.2, 0.25) is 0 Å². The minimum absolute atomic E-state index is 0.192. The fourth-order valence-corrected chi connectivity index (χ4v) is 4.83. The van der Waals surface area contributed by atoms with Gasteiger partial charge in [-0.1, -0.05) is 48.5 Å². The highest BCUT2D eigenvalue weighted by atomic mass is 32.2. The van der Waals surface area contributed by atoms with Gasteiger partial charge >= 0.3 is 0 Å². The second kappa shape index (κ2) is 6.71. The summed E-state index contributed by atoms with van der Waals surface area (Å²) >= 11 is 1.59. The van der Waals surface area contributed by atoms with Crippen LogP contribution in [0.3, 0.4) is 0 Å². The van der Waals surface area contributed by atoms with Crippen LogP contribution >= 0.6 is 11.3 Å². The average Bonchev–Trinajstić information content (AvgIpc) is 3.39. The van der Waals surface area contributed by atoms with E-state index in [4.69, 9.17) is 4.98 Å². The van der Waals surface area contributed by atoms with Crippen molar-refractivity contribution in [1.82, 2.24) is 9.71 Å². The zero-order valence-corrected chi connectivity index (χ0v) is 15.2. The Hall–Kier alpha value is -2.02. The third-order valence-corrected chi connectivity index (χ3v) is 6.98. The van der Waals surface area contributed by atoms with Crippen molar-refractivity contribution in [2.24, 2.45) is 0 Å². The van der Waals surface area contributed by atoms with Crippen molar-refractivity contribution >= 4 is 21.4 Å². The Balaban J connectivity index is 1.52. The summed E-state index contributed by atoms with van der Waals surface area (Å²) in [5, 5.41) is 2.79. The number of benzene rings is 2. The molecule has 128 valence electrons. The van der Waals surface area contributed by atoms with Crippen LogP contribution in [0.5, 0.6) is 0 Å². The van der Waals surface area contributed by atoms with Crippen LogP contribution in [-0.4, -0.2) is 18.7 Å². The fraction of sp³-hybridized carbons (Fsp3) is 0.211. The van der Waals surface area contributed by atoms with E-state index >= 15 is 0 Å². The number of aromatic nitrogens is 1. The monoisotopic (exact) mass is 370 g/mol. The van der Waals surface area contributed by atoms with Gasteiger partial charge in [-0.3, -0.25) is 0 Å². The zero-order chi connectivity index (χ0) is 17.3. The molecule has 1 heterocycles. The molecule has 0 aliphatic heterocycles. The van der Waals surface area contributed by atoms with Crippen molar-refractivity contribution in [2.45, 2.75) is 24.6 Å². The van der Waals surface area contributed by atoms with E-state index in [1.54, 1.807) is 11.3 Å². The van der Waals surface area contributed by atoms with Gasteiger partial charge in [0.25, 0.3) is 0 Å². The van der Waals surface area contributed by atoms with Gasteiger partial charge in [0.05, 0.1) is 10.9 Å².